The Hall–Kier alpha value is -3.56. The zero-order chi connectivity index (χ0) is 25.2. The van der Waals surface area contributed by atoms with Gasteiger partial charge < -0.3 is 20.1 Å². The van der Waals surface area contributed by atoms with Crippen LogP contribution in [0.1, 0.15) is 36.3 Å². The number of amides is 2. The van der Waals surface area contributed by atoms with Gasteiger partial charge in [-0.3, -0.25) is 9.59 Å². The molecular formula is C25H25F3N2O5. The van der Waals surface area contributed by atoms with Crippen molar-refractivity contribution in [1.82, 2.24) is 10.2 Å². The molecule has 0 spiro atoms. The van der Waals surface area contributed by atoms with Crippen LogP contribution in [0.3, 0.4) is 0 Å². The van der Waals surface area contributed by atoms with Gasteiger partial charge in [-0.25, -0.2) is 4.79 Å². The summed E-state index contributed by atoms with van der Waals surface area (Å²) in [5.74, 6) is -2.79. The molecule has 2 aromatic rings. The molecule has 2 aromatic carbocycles. The summed E-state index contributed by atoms with van der Waals surface area (Å²) in [5.41, 5.74) is 3.78. The summed E-state index contributed by atoms with van der Waals surface area (Å²) >= 11 is 0. The van der Waals surface area contributed by atoms with Crippen molar-refractivity contribution in [2.45, 2.75) is 37.4 Å². The third kappa shape index (κ3) is 5.41. The highest BCUT2D eigenvalue weighted by atomic mass is 19.4. The Morgan fingerprint density at radius 2 is 1.54 bits per heavy atom. The third-order valence-corrected chi connectivity index (χ3v) is 6.57. The fourth-order valence-electron chi connectivity index (χ4n) is 4.83. The van der Waals surface area contributed by atoms with Gasteiger partial charge in [0.05, 0.1) is 0 Å². The van der Waals surface area contributed by atoms with Crippen molar-refractivity contribution < 1.29 is 37.4 Å². The second-order valence-corrected chi connectivity index (χ2v) is 8.81. The number of alkyl carbamates (subject to hydrolysis) is 1. The number of benzene rings is 2. The monoisotopic (exact) mass is 490 g/mol. The van der Waals surface area contributed by atoms with E-state index >= 15 is 0 Å². The van der Waals surface area contributed by atoms with Gasteiger partial charge in [0, 0.05) is 25.4 Å². The molecule has 0 aromatic heterocycles. The molecule has 7 nitrogen and oxygen atoms in total. The quantitative estimate of drug-likeness (QED) is 0.634. The number of fused-ring (bicyclic) bond motifs is 3. The summed E-state index contributed by atoms with van der Waals surface area (Å²) in [7, 11) is 0. The summed E-state index contributed by atoms with van der Waals surface area (Å²) in [6.07, 6.45) is -5.87. The van der Waals surface area contributed by atoms with Crippen molar-refractivity contribution in [2.75, 3.05) is 19.7 Å². The molecule has 1 aliphatic heterocycles. The van der Waals surface area contributed by atoms with Crippen LogP contribution in [0.2, 0.25) is 0 Å². The van der Waals surface area contributed by atoms with Gasteiger partial charge >= 0.3 is 18.2 Å². The molecule has 186 valence electrons. The van der Waals surface area contributed by atoms with Crippen LogP contribution < -0.4 is 5.32 Å². The molecule has 1 fully saturated rings. The lowest BCUT2D eigenvalue weighted by Gasteiger charge is -2.34. The van der Waals surface area contributed by atoms with Crippen LogP contribution in [0.15, 0.2) is 48.5 Å². The highest BCUT2D eigenvalue weighted by Crippen LogP contribution is 2.44. The first kappa shape index (κ1) is 24.6. The van der Waals surface area contributed by atoms with Gasteiger partial charge in [-0.1, -0.05) is 48.5 Å². The van der Waals surface area contributed by atoms with Gasteiger partial charge in [-0.05, 0) is 41.0 Å². The number of carboxylic acid groups (broad SMARTS) is 1. The zero-order valence-electron chi connectivity index (χ0n) is 18.8. The Morgan fingerprint density at radius 1 is 1.00 bits per heavy atom. The molecule has 1 atom stereocenters. The summed E-state index contributed by atoms with van der Waals surface area (Å²) in [6.45, 7) is -0.190. The number of ether oxygens (including phenoxy) is 1. The molecule has 4 rings (SSSR count). The minimum atomic E-state index is -5.01. The second-order valence-electron chi connectivity index (χ2n) is 8.81. The summed E-state index contributed by atoms with van der Waals surface area (Å²) in [4.78, 5) is 36.8. The van der Waals surface area contributed by atoms with E-state index in [1.807, 2.05) is 48.5 Å². The maximum atomic E-state index is 13.7. The molecule has 2 N–H and O–H groups in total. The number of hydrogen-bond acceptors (Lipinski definition) is 4. The number of alkyl halides is 3. The number of rotatable bonds is 6. The number of halogens is 3. The van der Waals surface area contributed by atoms with E-state index in [9.17, 15) is 27.6 Å². The molecule has 1 aliphatic carbocycles. The van der Waals surface area contributed by atoms with Crippen molar-refractivity contribution in [2.24, 2.45) is 5.92 Å². The number of hydrogen-bond donors (Lipinski definition) is 2. The maximum Gasteiger partial charge on any atom is 0.417 e. The normalized spacial score (nSPS) is 16.8. The molecule has 0 saturated carbocycles. The van der Waals surface area contributed by atoms with Crippen LogP contribution in [0.4, 0.5) is 18.0 Å². The van der Waals surface area contributed by atoms with E-state index < -0.39 is 30.2 Å². The molecule has 2 aliphatic rings. The Labute approximate surface area is 199 Å². The van der Waals surface area contributed by atoms with E-state index in [1.54, 1.807) is 5.32 Å². The molecule has 2 amide bonds. The average Bonchev–Trinajstić information content (AvgIpc) is 3.14. The Balaban J connectivity index is 1.39. The average molecular weight is 490 g/mol. The number of carbonyl (C=O) groups excluding carboxylic acids is 2. The molecule has 1 heterocycles. The van der Waals surface area contributed by atoms with E-state index in [-0.39, 0.29) is 50.8 Å². The van der Waals surface area contributed by atoms with Crippen LogP contribution in [0.25, 0.3) is 11.1 Å². The lowest BCUT2D eigenvalue weighted by atomic mass is 9.93. The number of aliphatic carboxylic acids is 1. The number of likely N-dealkylation sites (tertiary alicyclic amines) is 1. The highest BCUT2D eigenvalue weighted by molar-refractivity contribution is 5.87. The first-order chi connectivity index (χ1) is 16.6. The molecule has 0 radical (unpaired) electrons. The zero-order valence-corrected chi connectivity index (χ0v) is 18.8. The van der Waals surface area contributed by atoms with Crippen LogP contribution in [-0.4, -0.2) is 59.9 Å². The Bertz CT molecular complexity index is 1070. The van der Waals surface area contributed by atoms with Gasteiger partial charge in [0.1, 0.15) is 6.61 Å². The molecule has 1 unspecified atom stereocenters. The van der Waals surface area contributed by atoms with Crippen molar-refractivity contribution >= 4 is 18.0 Å². The Kier molecular flexibility index (Phi) is 7.00. The van der Waals surface area contributed by atoms with Crippen molar-refractivity contribution in [3.05, 3.63) is 59.7 Å². The van der Waals surface area contributed by atoms with Crippen molar-refractivity contribution in [3.63, 3.8) is 0 Å². The lowest BCUT2D eigenvalue weighted by Crippen LogP contribution is -2.57. The Morgan fingerprint density at radius 3 is 2.06 bits per heavy atom. The van der Waals surface area contributed by atoms with Gasteiger partial charge in [0.2, 0.25) is 6.04 Å². The molecule has 10 heteroatoms. The number of piperidine rings is 1. The van der Waals surface area contributed by atoms with E-state index in [4.69, 9.17) is 9.84 Å². The van der Waals surface area contributed by atoms with Crippen LogP contribution in [0, 0.1) is 5.92 Å². The first-order valence-corrected chi connectivity index (χ1v) is 11.3. The molecule has 1 saturated heterocycles. The van der Waals surface area contributed by atoms with Crippen LogP contribution >= 0.6 is 0 Å². The summed E-state index contributed by atoms with van der Waals surface area (Å²) in [6, 6.07) is 12.4. The van der Waals surface area contributed by atoms with Crippen LogP contribution in [0.5, 0.6) is 0 Å². The molecular weight excluding hydrogens is 465 g/mol. The number of carboxylic acids is 1. The predicted octanol–water partition coefficient (Wildman–Crippen LogP) is 4.17. The van der Waals surface area contributed by atoms with Gasteiger partial charge in [0.25, 0.3) is 5.91 Å². The van der Waals surface area contributed by atoms with Crippen molar-refractivity contribution in [1.29, 1.82) is 0 Å². The van der Waals surface area contributed by atoms with Crippen LogP contribution in [-0.2, 0) is 14.3 Å². The smallest absolute Gasteiger partial charge is 0.417 e. The van der Waals surface area contributed by atoms with E-state index in [0.29, 0.717) is 0 Å². The SMILES string of the molecule is O=C(O)CC1CCN(C(=O)C(NC(=O)OCC2c3ccccc3-c3ccccc32)C(F)(F)F)CC1. The van der Waals surface area contributed by atoms with Gasteiger partial charge in [-0.2, -0.15) is 13.2 Å². The minimum absolute atomic E-state index is 0.00424. The topological polar surface area (TPSA) is 95.9 Å². The van der Waals surface area contributed by atoms with Gasteiger partial charge in [-0.15, -0.1) is 0 Å². The molecule has 0 bridgehead atoms. The first-order valence-electron chi connectivity index (χ1n) is 11.3. The third-order valence-electron chi connectivity index (χ3n) is 6.57. The fraction of sp³-hybridized carbons (Fsp3) is 0.400. The number of nitrogens with zero attached hydrogens (tertiary/aromatic N) is 1. The maximum absolute atomic E-state index is 13.7. The minimum Gasteiger partial charge on any atom is -0.481 e. The predicted molar refractivity (Wildman–Crippen MR) is 120 cm³/mol. The van der Waals surface area contributed by atoms with Crippen molar-refractivity contribution in [3.8, 4) is 11.1 Å². The molecule has 35 heavy (non-hydrogen) atoms. The lowest BCUT2D eigenvalue weighted by molar-refractivity contribution is -0.175. The number of nitrogens with one attached hydrogen (secondary N) is 1. The summed E-state index contributed by atoms with van der Waals surface area (Å²) < 4.78 is 46.2. The summed E-state index contributed by atoms with van der Waals surface area (Å²) in [5, 5.41) is 10.6. The standard InChI is InChI=1S/C25H25F3N2O5/c26-25(27,28)22(23(33)30-11-9-15(10-12-30)13-21(31)32)29-24(34)35-14-20-18-7-3-1-5-16(18)17-6-2-4-8-19(17)20/h1-8,15,20,22H,9-14H2,(H,29,34)(H,31,32). The highest BCUT2D eigenvalue weighted by Gasteiger charge is 2.48. The number of carbonyl (C=O) groups is 3. The van der Waals surface area contributed by atoms with E-state index in [1.165, 1.54) is 0 Å². The van der Waals surface area contributed by atoms with E-state index in [0.717, 1.165) is 27.2 Å². The van der Waals surface area contributed by atoms with Gasteiger partial charge in [0.15, 0.2) is 0 Å². The largest absolute Gasteiger partial charge is 0.481 e. The van der Waals surface area contributed by atoms with E-state index in [2.05, 4.69) is 0 Å². The second kappa shape index (κ2) is 9.97. The fourth-order valence-corrected chi connectivity index (χ4v) is 4.83.